The lowest BCUT2D eigenvalue weighted by Gasteiger charge is -2.34. The van der Waals surface area contributed by atoms with E-state index >= 15 is 0 Å². The van der Waals surface area contributed by atoms with Gasteiger partial charge in [0, 0.05) is 26.7 Å². The topological polar surface area (TPSA) is 23.6 Å². The van der Waals surface area contributed by atoms with Crippen molar-refractivity contribution in [3.63, 3.8) is 0 Å². The molecule has 100 valence electrons. The highest BCUT2D eigenvalue weighted by Crippen LogP contribution is 2.22. The lowest BCUT2D eigenvalue weighted by Crippen LogP contribution is -2.45. The first-order valence-corrected chi connectivity index (χ1v) is 7.14. The summed E-state index contributed by atoms with van der Waals surface area (Å²) in [5, 5.41) is 0. The summed E-state index contributed by atoms with van der Waals surface area (Å²) >= 11 is 0. The molecule has 2 amide bonds. The first kappa shape index (κ1) is 14.3. The van der Waals surface area contributed by atoms with E-state index in [0.717, 1.165) is 13.0 Å². The highest BCUT2D eigenvalue weighted by molar-refractivity contribution is 5.74. The van der Waals surface area contributed by atoms with Crippen LogP contribution in [0, 0.1) is 0 Å². The van der Waals surface area contributed by atoms with Gasteiger partial charge in [-0.05, 0) is 19.3 Å². The molecule has 0 aromatic rings. The zero-order valence-corrected chi connectivity index (χ0v) is 11.7. The third-order valence-corrected chi connectivity index (χ3v) is 3.85. The molecule has 0 spiro atoms. The van der Waals surface area contributed by atoms with Gasteiger partial charge in [-0.15, -0.1) is 0 Å². The molecular weight excluding hydrogens is 212 g/mol. The second kappa shape index (κ2) is 7.57. The molecule has 0 bridgehead atoms. The van der Waals surface area contributed by atoms with E-state index in [0.29, 0.717) is 6.04 Å². The molecule has 0 heterocycles. The fourth-order valence-corrected chi connectivity index (χ4v) is 2.59. The van der Waals surface area contributed by atoms with Gasteiger partial charge in [0.2, 0.25) is 0 Å². The van der Waals surface area contributed by atoms with Crippen molar-refractivity contribution in [2.45, 2.75) is 64.3 Å². The van der Waals surface area contributed by atoms with Crippen molar-refractivity contribution in [1.82, 2.24) is 9.80 Å². The minimum Gasteiger partial charge on any atom is -0.328 e. The third-order valence-electron chi connectivity index (χ3n) is 3.85. The van der Waals surface area contributed by atoms with Crippen LogP contribution in [-0.2, 0) is 0 Å². The Morgan fingerprint density at radius 2 is 1.76 bits per heavy atom. The van der Waals surface area contributed by atoms with E-state index in [4.69, 9.17) is 0 Å². The molecule has 1 fully saturated rings. The summed E-state index contributed by atoms with van der Waals surface area (Å²) in [6, 6.07) is 0.679. The average Bonchev–Trinajstić information content (AvgIpc) is 2.38. The van der Waals surface area contributed by atoms with Crippen molar-refractivity contribution < 1.29 is 4.79 Å². The van der Waals surface area contributed by atoms with E-state index in [1.807, 2.05) is 23.9 Å². The molecule has 1 aliphatic rings. The molecule has 0 saturated heterocycles. The molecule has 0 aromatic carbocycles. The normalized spacial score (nSPS) is 16.9. The van der Waals surface area contributed by atoms with Crippen LogP contribution in [0.2, 0.25) is 0 Å². The molecule has 0 unspecified atom stereocenters. The summed E-state index contributed by atoms with van der Waals surface area (Å²) in [6.07, 6.45) is 9.81. The first-order valence-electron chi connectivity index (χ1n) is 7.14. The van der Waals surface area contributed by atoms with Crippen LogP contribution in [0.5, 0.6) is 0 Å². The van der Waals surface area contributed by atoms with Gasteiger partial charge in [0.15, 0.2) is 0 Å². The maximum absolute atomic E-state index is 12.2. The number of carbonyl (C=O) groups is 1. The first-order chi connectivity index (χ1) is 8.16. The Morgan fingerprint density at radius 1 is 1.12 bits per heavy atom. The third kappa shape index (κ3) is 4.57. The minimum atomic E-state index is 0.202. The molecular formula is C14H28N2O. The van der Waals surface area contributed by atoms with E-state index < -0.39 is 0 Å². The molecule has 0 aromatic heterocycles. The molecule has 3 heteroatoms. The van der Waals surface area contributed by atoms with Crippen molar-refractivity contribution in [3.05, 3.63) is 0 Å². The Balaban J connectivity index is 2.33. The zero-order chi connectivity index (χ0) is 12.7. The number of hydrogen-bond donors (Lipinski definition) is 0. The Morgan fingerprint density at radius 3 is 2.35 bits per heavy atom. The van der Waals surface area contributed by atoms with Gasteiger partial charge < -0.3 is 9.80 Å². The van der Waals surface area contributed by atoms with Gasteiger partial charge in [-0.1, -0.05) is 39.0 Å². The summed E-state index contributed by atoms with van der Waals surface area (Å²) in [6.45, 7) is 3.08. The largest absolute Gasteiger partial charge is 0.328 e. The maximum atomic E-state index is 12.2. The highest BCUT2D eigenvalue weighted by Gasteiger charge is 2.23. The number of unbranched alkanes of at least 4 members (excludes halogenated alkanes) is 2. The average molecular weight is 240 g/mol. The fourth-order valence-electron chi connectivity index (χ4n) is 2.59. The molecule has 0 atom stereocenters. The van der Waals surface area contributed by atoms with Gasteiger partial charge in [-0.3, -0.25) is 0 Å². The smallest absolute Gasteiger partial charge is 0.319 e. The highest BCUT2D eigenvalue weighted by atomic mass is 16.2. The summed E-state index contributed by atoms with van der Waals surface area (Å²) in [4.78, 5) is 16.0. The van der Waals surface area contributed by atoms with Crippen molar-refractivity contribution in [1.29, 1.82) is 0 Å². The van der Waals surface area contributed by atoms with Crippen LogP contribution in [0.1, 0.15) is 58.3 Å². The van der Waals surface area contributed by atoms with Gasteiger partial charge in [0.05, 0.1) is 0 Å². The van der Waals surface area contributed by atoms with E-state index in [9.17, 15) is 4.79 Å². The van der Waals surface area contributed by atoms with Gasteiger partial charge in [0.25, 0.3) is 0 Å². The van der Waals surface area contributed by atoms with Crippen LogP contribution in [0.4, 0.5) is 4.79 Å². The number of nitrogens with zero attached hydrogens (tertiary/aromatic N) is 2. The molecule has 0 radical (unpaired) electrons. The SMILES string of the molecule is CCCCCN(C)C(=O)N(C)C1CCCCC1. The number of urea groups is 1. The predicted octanol–water partition coefficient (Wildman–Crippen LogP) is 3.49. The fraction of sp³-hybridized carbons (Fsp3) is 0.929. The molecule has 0 aliphatic heterocycles. The lowest BCUT2D eigenvalue weighted by atomic mass is 9.95. The van der Waals surface area contributed by atoms with Gasteiger partial charge in [0.1, 0.15) is 0 Å². The zero-order valence-electron chi connectivity index (χ0n) is 11.7. The van der Waals surface area contributed by atoms with Crippen LogP contribution in [0.3, 0.4) is 0 Å². The number of rotatable bonds is 5. The van der Waals surface area contributed by atoms with Crippen molar-refractivity contribution in [2.75, 3.05) is 20.6 Å². The molecule has 17 heavy (non-hydrogen) atoms. The summed E-state index contributed by atoms with van der Waals surface area (Å²) in [5.41, 5.74) is 0. The maximum Gasteiger partial charge on any atom is 0.319 e. The second-order valence-electron chi connectivity index (χ2n) is 5.31. The Bertz CT molecular complexity index is 224. The Hall–Kier alpha value is -0.730. The van der Waals surface area contributed by atoms with Gasteiger partial charge >= 0.3 is 6.03 Å². The van der Waals surface area contributed by atoms with E-state index in [1.54, 1.807) is 0 Å². The standard InChI is InChI=1S/C14H28N2O/c1-4-5-9-12-15(2)14(17)16(3)13-10-7-6-8-11-13/h13H,4-12H2,1-3H3. The Kier molecular flexibility index (Phi) is 6.38. The quantitative estimate of drug-likeness (QED) is 0.675. The minimum absolute atomic E-state index is 0.202. The van der Waals surface area contributed by atoms with Crippen LogP contribution >= 0.6 is 0 Å². The summed E-state index contributed by atoms with van der Waals surface area (Å²) in [5.74, 6) is 0. The number of hydrogen-bond acceptors (Lipinski definition) is 1. The van der Waals surface area contributed by atoms with E-state index in [-0.39, 0.29) is 6.03 Å². The van der Waals surface area contributed by atoms with Gasteiger partial charge in [-0.2, -0.15) is 0 Å². The van der Waals surface area contributed by atoms with Crippen molar-refractivity contribution in [3.8, 4) is 0 Å². The summed E-state index contributed by atoms with van der Waals surface area (Å²) in [7, 11) is 3.89. The number of amides is 2. The second-order valence-corrected chi connectivity index (χ2v) is 5.31. The molecule has 0 N–H and O–H groups in total. The van der Waals surface area contributed by atoms with Crippen LogP contribution in [0.15, 0.2) is 0 Å². The van der Waals surface area contributed by atoms with Crippen molar-refractivity contribution >= 4 is 6.03 Å². The van der Waals surface area contributed by atoms with E-state index in [2.05, 4.69) is 6.92 Å². The lowest BCUT2D eigenvalue weighted by molar-refractivity contribution is 0.142. The monoisotopic (exact) mass is 240 g/mol. The Labute approximate surface area is 106 Å². The molecule has 3 nitrogen and oxygen atoms in total. The summed E-state index contributed by atoms with van der Waals surface area (Å²) < 4.78 is 0. The van der Waals surface area contributed by atoms with Crippen LogP contribution in [-0.4, -0.2) is 42.5 Å². The van der Waals surface area contributed by atoms with E-state index in [1.165, 1.54) is 44.9 Å². The molecule has 1 rings (SSSR count). The molecule has 1 aliphatic carbocycles. The molecule has 1 saturated carbocycles. The van der Waals surface area contributed by atoms with Crippen LogP contribution in [0.25, 0.3) is 0 Å². The predicted molar refractivity (Wildman–Crippen MR) is 72.2 cm³/mol. The number of carbonyl (C=O) groups excluding carboxylic acids is 1. The van der Waals surface area contributed by atoms with Gasteiger partial charge in [-0.25, -0.2) is 4.79 Å². The van der Waals surface area contributed by atoms with Crippen molar-refractivity contribution in [2.24, 2.45) is 0 Å². The van der Waals surface area contributed by atoms with Crippen LogP contribution < -0.4 is 0 Å².